The number of benzene rings is 2. The fraction of sp³-hybridized carbons (Fsp3) is 0.333. The Labute approximate surface area is 152 Å². The van der Waals surface area contributed by atoms with Gasteiger partial charge in [-0.15, -0.1) is 0 Å². The maximum Gasteiger partial charge on any atom is 0.135 e. The number of aryl methyl sites for hydroxylation is 1. The third-order valence-corrected chi connectivity index (χ3v) is 4.04. The predicted octanol–water partition coefficient (Wildman–Crippen LogP) is 6.07. The first-order chi connectivity index (χ1) is 12.6. The molecule has 0 bridgehead atoms. The van der Waals surface area contributed by atoms with Crippen molar-refractivity contribution in [2.24, 2.45) is 10.2 Å². The summed E-state index contributed by atoms with van der Waals surface area (Å²) < 4.78 is 41.0. The van der Waals surface area contributed by atoms with Crippen molar-refractivity contribution >= 4 is 12.4 Å². The van der Waals surface area contributed by atoms with Crippen molar-refractivity contribution in [1.82, 2.24) is 0 Å². The van der Waals surface area contributed by atoms with Crippen molar-refractivity contribution in [1.29, 1.82) is 0 Å². The molecule has 0 N–H and O–H groups in total. The normalized spacial score (nSPS) is 11.7. The van der Waals surface area contributed by atoms with Gasteiger partial charge in [-0.3, -0.25) is 0 Å². The van der Waals surface area contributed by atoms with E-state index in [2.05, 4.69) is 17.1 Å². The fourth-order valence-corrected chi connectivity index (χ4v) is 2.58. The SMILES string of the molecule is CCCCCCCc1cc(F)c(C=NN=Cc2ccc(F)cc2)c(F)c1. The number of halogens is 3. The van der Waals surface area contributed by atoms with Crippen molar-refractivity contribution in [3.8, 4) is 0 Å². The van der Waals surface area contributed by atoms with Crippen LogP contribution in [0.15, 0.2) is 46.6 Å². The molecule has 0 aliphatic heterocycles. The van der Waals surface area contributed by atoms with Gasteiger partial charge in [0.2, 0.25) is 0 Å². The van der Waals surface area contributed by atoms with Crippen LogP contribution in [0.2, 0.25) is 0 Å². The van der Waals surface area contributed by atoms with Gasteiger partial charge in [-0.1, -0.05) is 44.7 Å². The van der Waals surface area contributed by atoms with Gasteiger partial charge in [0, 0.05) is 0 Å². The molecular weight excluding hydrogens is 337 g/mol. The van der Waals surface area contributed by atoms with Crippen LogP contribution in [-0.2, 0) is 6.42 Å². The minimum Gasteiger partial charge on any atom is -0.207 e. The summed E-state index contributed by atoms with van der Waals surface area (Å²) in [7, 11) is 0. The van der Waals surface area contributed by atoms with Crippen molar-refractivity contribution in [3.05, 3.63) is 70.5 Å². The summed E-state index contributed by atoms with van der Waals surface area (Å²) in [6.07, 6.45) is 8.60. The van der Waals surface area contributed by atoms with E-state index in [1.807, 2.05) is 0 Å². The Morgan fingerprint density at radius 3 is 2.08 bits per heavy atom. The molecule has 0 saturated carbocycles. The molecule has 5 heteroatoms. The van der Waals surface area contributed by atoms with E-state index in [1.165, 1.54) is 55.5 Å². The molecule has 0 amide bonds. The minimum atomic E-state index is -0.644. The Hall–Kier alpha value is -2.43. The van der Waals surface area contributed by atoms with Gasteiger partial charge in [-0.25, -0.2) is 13.2 Å². The summed E-state index contributed by atoms with van der Waals surface area (Å²) in [5.74, 6) is -1.64. The quantitative estimate of drug-likeness (QED) is 0.295. The van der Waals surface area contributed by atoms with Gasteiger partial charge in [0.1, 0.15) is 17.5 Å². The van der Waals surface area contributed by atoms with Crippen molar-refractivity contribution in [2.45, 2.75) is 45.4 Å². The van der Waals surface area contributed by atoms with Gasteiger partial charge in [-0.2, -0.15) is 10.2 Å². The van der Waals surface area contributed by atoms with Gasteiger partial charge in [-0.05, 0) is 48.2 Å². The number of hydrogen-bond donors (Lipinski definition) is 0. The third kappa shape index (κ3) is 6.47. The predicted molar refractivity (Wildman–Crippen MR) is 100 cm³/mol. The number of hydrogen-bond acceptors (Lipinski definition) is 2. The highest BCUT2D eigenvalue weighted by Gasteiger charge is 2.09. The highest BCUT2D eigenvalue weighted by Crippen LogP contribution is 2.16. The van der Waals surface area contributed by atoms with E-state index in [0.717, 1.165) is 25.5 Å². The zero-order valence-electron chi connectivity index (χ0n) is 14.9. The third-order valence-electron chi connectivity index (χ3n) is 4.04. The second-order valence-electron chi connectivity index (χ2n) is 6.18. The van der Waals surface area contributed by atoms with E-state index in [9.17, 15) is 13.2 Å². The van der Waals surface area contributed by atoms with Crippen LogP contribution in [0.25, 0.3) is 0 Å². The van der Waals surface area contributed by atoms with Gasteiger partial charge >= 0.3 is 0 Å². The number of nitrogens with zero attached hydrogens (tertiary/aromatic N) is 2. The Morgan fingerprint density at radius 1 is 0.808 bits per heavy atom. The lowest BCUT2D eigenvalue weighted by molar-refractivity contribution is 0.572. The summed E-state index contributed by atoms with van der Waals surface area (Å²) in [6, 6.07) is 8.37. The van der Waals surface area contributed by atoms with E-state index in [1.54, 1.807) is 0 Å². The van der Waals surface area contributed by atoms with Crippen LogP contribution in [0.4, 0.5) is 13.2 Å². The molecule has 0 unspecified atom stereocenters. The van der Waals surface area contributed by atoms with Crippen molar-refractivity contribution in [3.63, 3.8) is 0 Å². The average Bonchev–Trinajstić information content (AvgIpc) is 2.62. The molecule has 26 heavy (non-hydrogen) atoms. The van der Waals surface area contributed by atoms with Crippen LogP contribution in [0.1, 0.15) is 55.7 Å². The molecule has 0 heterocycles. The maximum absolute atomic E-state index is 14.1. The van der Waals surface area contributed by atoms with Crippen LogP contribution in [0, 0.1) is 17.5 Å². The Balaban J connectivity index is 1.95. The first-order valence-electron chi connectivity index (χ1n) is 8.90. The zero-order valence-corrected chi connectivity index (χ0v) is 14.9. The lowest BCUT2D eigenvalue weighted by Crippen LogP contribution is -1.98. The average molecular weight is 360 g/mol. The van der Waals surface area contributed by atoms with Crippen LogP contribution in [0.5, 0.6) is 0 Å². The highest BCUT2D eigenvalue weighted by molar-refractivity contribution is 5.83. The van der Waals surface area contributed by atoms with E-state index in [0.29, 0.717) is 17.5 Å². The van der Waals surface area contributed by atoms with Crippen LogP contribution >= 0.6 is 0 Å². The molecule has 0 fully saturated rings. The molecule has 138 valence electrons. The molecule has 2 nitrogen and oxygen atoms in total. The van der Waals surface area contributed by atoms with Crippen LogP contribution in [-0.4, -0.2) is 12.4 Å². The minimum absolute atomic E-state index is 0.212. The van der Waals surface area contributed by atoms with Gasteiger partial charge in [0.05, 0.1) is 18.0 Å². The highest BCUT2D eigenvalue weighted by atomic mass is 19.1. The summed E-state index contributed by atoms with van der Waals surface area (Å²) in [5, 5.41) is 7.42. The Bertz CT molecular complexity index is 729. The van der Waals surface area contributed by atoms with Gasteiger partial charge < -0.3 is 0 Å². The smallest absolute Gasteiger partial charge is 0.135 e. The van der Waals surface area contributed by atoms with Gasteiger partial charge in [0.25, 0.3) is 0 Å². The van der Waals surface area contributed by atoms with Gasteiger partial charge in [0.15, 0.2) is 0 Å². The number of rotatable bonds is 9. The Morgan fingerprint density at radius 2 is 1.42 bits per heavy atom. The zero-order chi connectivity index (χ0) is 18.8. The molecule has 0 saturated heterocycles. The molecule has 0 aliphatic rings. The molecule has 2 aromatic rings. The molecular formula is C21H23F3N2. The van der Waals surface area contributed by atoms with Crippen molar-refractivity contribution < 1.29 is 13.2 Å². The summed E-state index contributed by atoms with van der Waals surface area (Å²) in [5.41, 5.74) is 1.09. The fourth-order valence-electron chi connectivity index (χ4n) is 2.58. The first-order valence-corrected chi connectivity index (χ1v) is 8.90. The molecule has 0 aliphatic carbocycles. The van der Waals surface area contributed by atoms with Crippen LogP contribution in [0.3, 0.4) is 0 Å². The monoisotopic (exact) mass is 360 g/mol. The molecule has 0 radical (unpaired) electrons. The van der Waals surface area contributed by atoms with E-state index >= 15 is 0 Å². The van der Waals surface area contributed by atoms with E-state index < -0.39 is 11.6 Å². The van der Waals surface area contributed by atoms with E-state index in [4.69, 9.17) is 0 Å². The summed E-state index contributed by atoms with van der Waals surface area (Å²) in [4.78, 5) is 0. The molecule has 2 rings (SSSR count). The summed E-state index contributed by atoms with van der Waals surface area (Å²) in [6.45, 7) is 2.15. The van der Waals surface area contributed by atoms with Crippen LogP contribution < -0.4 is 0 Å². The number of unbranched alkanes of at least 4 members (excludes halogenated alkanes) is 4. The lowest BCUT2D eigenvalue weighted by Gasteiger charge is -2.05. The topological polar surface area (TPSA) is 24.7 Å². The summed E-state index contributed by atoms with van der Waals surface area (Å²) >= 11 is 0. The molecule has 0 spiro atoms. The second-order valence-corrected chi connectivity index (χ2v) is 6.18. The largest absolute Gasteiger partial charge is 0.207 e. The van der Waals surface area contributed by atoms with Crippen molar-refractivity contribution in [2.75, 3.05) is 0 Å². The maximum atomic E-state index is 14.1. The Kier molecular flexibility index (Phi) is 8.06. The second kappa shape index (κ2) is 10.5. The molecule has 2 aromatic carbocycles. The van der Waals surface area contributed by atoms with E-state index in [-0.39, 0.29) is 11.4 Å². The standard InChI is InChI=1S/C21H23F3N2/c1-2-3-4-5-6-7-17-12-20(23)19(21(24)13-17)15-26-25-14-16-8-10-18(22)11-9-16/h8-15H,2-7H2,1H3. The molecule has 0 aromatic heterocycles. The first kappa shape index (κ1) is 19.9. The molecule has 0 atom stereocenters. The lowest BCUT2D eigenvalue weighted by atomic mass is 10.0.